The summed E-state index contributed by atoms with van der Waals surface area (Å²) < 4.78 is 0. The number of aromatic nitrogens is 1. The second kappa shape index (κ2) is 6.35. The largest absolute Gasteiger partial charge is 0.355 e. The van der Waals surface area contributed by atoms with E-state index in [1.165, 1.54) is 0 Å². The lowest BCUT2D eigenvalue weighted by Gasteiger charge is -2.21. The van der Waals surface area contributed by atoms with E-state index in [-0.39, 0.29) is 11.8 Å². The van der Waals surface area contributed by atoms with Crippen LogP contribution in [-0.2, 0) is 11.2 Å². The van der Waals surface area contributed by atoms with Crippen molar-refractivity contribution in [1.82, 2.24) is 15.6 Å². The van der Waals surface area contributed by atoms with Gasteiger partial charge in [0.15, 0.2) is 0 Å². The van der Waals surface area contributed by atoms with E-state index in [1.807, 2.05) is 18.2 Å². The van der Waals surface area contributed by atoms with Crippen molar-refractivity contribution in [2.45, 2.75) is 19.3 Å². The number of amides is 1. The summed E-state index contributed by atoms with van der Waals surface area (Å²) in [6.07, 6.45) is 4.49. The van der Waals surface area contributed by atoms with Gasteiger partial charge in [-0.25, -0.2) is 0 Å². The number of carbonyl (C=O) groups excluding carboxylic acids is 1. The normalized spacial score (nSPS) is 16.7. The number of rotatable bonds is 4. The zero-order valence-corrected chi connectivity index (χ0v) is 9.98. The first kappa shape index (κ1) is 12.0. The number of piperidine rings is 1. The molecule has 0 saturated carbocycles. The maximum Gasteiger partial charge on any atom is 0.223 e. The van der Waals surface area contributed by atoms with Crippen molar-refractivity contribution in [3.63, 3.8) is 0 Å². The quantitative estimate of drug-likeness (QED) is 0.806. The molecule has 1 aliphatic heterocycles. The molecule has 0 unspecified atom stereocenters. The number of carbonyl (C=O) groups is 1. The first-order valence-corrected chi connectivity index (χ1v) is 6.24. The highest BCUT2D eigenvalue weighted by Gasteiger charge is 2.19. The number of hydrogen-bond acceptors (Lipinski definition) is 3. The Morgan fingerprint density at radius 1 is 1.41 bits per heavy atom. The van der Waals surface area contributed by atoms with Crippen LogP contribution >= 0.6 is 0 Å². The molecule has 0 bridgehead atoms. The summed E-state index contributed by atoms with van der Waals surface area (Å²) in [5, 5.41) is 6.26. The summed E-state index contributed by atoms with van der Waals surface area (Å²) in [5.74, 6) is 0.391. The molecule has 1 amide bonds. The number of nitrogens with zero attached hydrogens (tertiary/aromatic N) is 1. The molecule has 2 heterocycles. The first-order chi connectivity index (χ1) is 8.36. The van der Waals surface area contributed by atoms with Crippen LogP contribution in [0.1, 0.15) is 18.5 Å². The number of pyridine rings is 1. The highest BCUT2D eigenvalue weighted by atomic mass is 16.1. The Hall–Kier alpha value is -1.42. The van der Waals surface area contributed by atoms with Crippen molar-refractivity contribution in [2.75, 3.05) is 19.6 Å². The van der Waals surface area contributed by atoms with Gasteiger partial charge in [0, 0.05) is 30.8 Å². The van der Waals surface area contributed by atoms with Gasteiger partial charge in [0.25, 0.3) is 0 Å². The van der Waals surface area contributed by atoms with Gasteiger partial charge in [0.05, 0.1) is 0 Å². The van der Waals surface area contributed by atoms with Gasteiger partial charge in [-0.1, -0.05) is 6.07 Å². The van der Waals surface area contributed by atoms with Crippen LogP contribution in [0.25, 0.3) is 0 Å². The van der Waals surface area contributed by atoms with E-state index in [1.54, 1.807) is 6.20 Å². The maximum absolute atomic E-state index is 11.8. The third-order valence-electron chi connectivity index (χ3n) is 3.12. The summed E-state index contributed by atoms with van der Waals surface area (Å²) in [7, 11) is 0. The minimum atomic E-state index is 0.194. The lowest BCUT2D eigenvalue weighted by molar-refractivity contribution is -0.125. The van der Waals surface area contributed by atoms with Crippen LogP contribution in [0.3, 0.4) is 0 Å². The number of hydrogen-bond donors (Lipinski definition) is 2. The third kappa shape index (κ3) is 3.82. The molecule has 0 aliphatic carbocycles. The fourth-order valence-corrected chi connectivity index (χ4v) is 2.09. The fraction of sp³-hybridized carbons (Fsp3) is 0.538. The van der Waals surface area contributed by atoms with Crippen LogP contribution in [0.4, 0.5) is 0 Å². The van der Waals surface area contributed by atoms with Crippen LogP contribution in [0, 0.1) is 5.92 Å². The average molecular weight is 233 g/mol. The van der Waals surface area contributed by atoms with E-state index in [9.17, 15) is 4.79 Å². The molecule has 2 N–H and O–H groups in total. The molecule has 4 heteroatoms. The standard InChI is InChI=1S/C13H19N3O/c17-13(11-4-8-14-9-5-11)16-10-6-12-3-1-2-7-15-12/h1-3,7,11,14H,4-6,8-10H2,(H,16,17). The van der Waals surface area contributed by atoms with Gasteiger partial charge in [0.2, 0.25) is 5.91 Å². The van der Waals surface area contributed by atoms with Crippen molar-refractivity contribution in [3.8, 4) is 0 Å². The highest BCUT2D eigenvalue weighted by molar-refractivity contribution is 5.78. The molecule has 1 fully saturated rings. The summed E-state index contributed by atoms with van der Waals surface area (Å²) in [5.41, 5.74) is 1.03. The Labute approximate surface area is 102 Å². The van der Waals surface area contributed by atoms with Crippen LogP contribution in [0.15, 0.2) is 24.4 Å². The predicted octanol–water partition coefficient (Wildman–Crippen LogP) is 0.740. The zero-order chi connectivity index (χ0) is 11.9. The van der Waals surface area contributed by atoms with Gasteiger partial charge < -0.3 is 10.6 Å². The van der Waals surface area contributed by atoms with E-state index in [4.69, 9.17) is 0 Å². The minimum Gasteiger partial charge on any atom is -0.355 e. The Morgan fingerprint density at radius 2 is 2.24 bits per heavy atom. The summed E-state index contributed by atoms with van der Waals surface area (Å²) >= 11 is 0. The fourth-order valence-electron chi connectivity index (χ4n) is 2.09. The highest BCUT2D eigenvalue weighted by Crippen LogP contribution is 2.11. The van der Waals surface area contributed by atoms with Gasteiger partial charge in [0.1, 0.15) is 0 Å². The first-order valence-electron chi connectivity index (χ1n) is 6.24. The average Bonchev–Trinajstić information content (AvgIpc) is 2.41. The van der Waals surface area contributed by atoms with Gasteiger partial charge in [-0.15, -0.1) is 0 Å². The van der Waals surface area contributed by atoms with Gasteiger partial charge in [-0.05, 0) is 38.1 Å². The summed E-state index contributed by atoms with van der Waals surface area (Å²) in [4.78, 5) is 16.1. The smallest absolute Gasteiger partial charge is 0.223 e. The molecule has 0 aromatic carbocycles. The van der Waals surface area contributed by atoms with E-state index in [2.05, 4.69) is 15.6 Å². The van der Waals surface area contributed by atoms with Crippen LogP contribution in [0.5, 0.6) is 0 Å². The van der Waals surface area contributed by atoms with Gasteiger partial charge in [-0.2, -0.15) is 0 Å². The molecule has 0 radical (unpaired) electrons. The molecule has 2 rings (SSSR count). The van der Waals surface area contributed by atoms with E-state index < -0.39 is 0 Å². The molecule has 92 valence electrons. The number of nitrogens with one attached hydrogen (secondary N) is 2. The molecule has 4 nitrogen and oxygen atoms in total. The topological polar surface area (TPSA) is 54.0 Å². The molecule has 1 aliphatic rings. The van der Waals surface area contributed by atoms with Crippen LogP contribution in [0.2, 0.25) is 0 Å². The summed E-state index contributed by atoms with van der Waals surface area (Å²) in [6.45, 7) is 2.59. The minimum absolute atomic E-state index is 0.194. The van der Waals surface area contributed by atoms with Crippen molar-refractivity contribution in [3.05, 3.63) is 30.1 Å². The van der Waals surface area contributed by atoms with E-state index in [0.717, 1.165) is 38.0 Å². The Morgan fingerprint density at radius 3 is 2.94 bits per heavy atom. The van der Waals surface area contributed by atoms with Crippen molar-refractivity contribution >= 4 is 5.91 Å². The van der Waals surface area contributed by atoms with Crippen molar-refractivity contribution in [2.24, 2.45) is 5.92 Å². The Balaban J connectivity index is 1.69. The van der Waals surface area contributed by atoms with E-state index in [0.29, 0.717) is 6.54 Å². The Bertz CT molecular complexity index is 347. The van der Waals surface area contributed by atoms with E-state index >= 15 is 0 Å². The zero-order valence-electron chi connectivity index (χ0n) is 9.98. The predicted molar refractivity (Wildman–Crippen MR) is 66.5 cm³/mol. The van der Waals surface area contributed by atoms with Crippen molar-refractivity contribution < 1.29 is 4.79 Å². The van der Waals surface area contributed by atoms with Crippen LogP contribution < -0.4 is 10.6 Å². The molecule has 0 atom stereocenters. The molecule has 1 aromatic rings. The van der Waals surface area contributed by atoms with Crippen molar-refractivity contribution in [1.29, 1.82) is 0 Å². The molecule has 1 saturated heterocycles. The van der Waals surface area contributed by atoms with Gasteiger partial charge >= 0.3 is 0 Å². The second-order valence-electron chi connectivity index (χ2n) is 4.39. The molecule has 1 aromatic heterocycles. The lowest BCUT2D eigenvalue weighted by Crippen LogP contribution is -2.38. The third-order valence-corrected chi connectivity index (χ3v) is 3.12. The SMILES string of the molecule is O=C(NCCc1ccccn1)C1CCNCC1. The molecule has 17 heavy (non-hydrogen) atoms. The molecular formula is C13H19N3O. The molecule has 0 spiro atoms. The Kier molecular flexibility index (Phi) is 4.50. The monoisotopic (exact) mass is 233 g/mol. The maximum atomic E-state index is 11.8. The van der Waals surface area contributed by atoms with Crippen LogP contribution in [-0.4, -0.2) is 30.5 Å². The lowest BCUT2D eigenvalue weighted by atomic mass is 9.97. The second-order valence-corrected chi connectivity index (χ2v) is 4.39. The van der Waals surface area contributed by atoms with Gasteiger partial charge in [-0.3, -0.25) is 9.78 Å². The molecular weight excluding hydrogens is 214 g/mol. The summed E-state index contributed by atoms with van der Waals surface area (Å²) in [6, 6.07) is 5.85.